The lowest BCUT2D eigenvalue weighted by Gasteiger charge is -1.77. The van der Waals surface area contributed by atoms with Gasteiger partial charge in [-0.05, 0) is 6.42 Å². The van der Waals surface area contributed by atoms with E-state index in [2.05, 4.69) is 37.0 Å². The van der Waals surface area contributed by atoms with Gasteiger partial charge in [-0.2, -0.15) is 0 Å². The van der Waals surface area contributed by atoms with Crippen molar-refractivity contribution in [1.29, 1.82) is 0 Å². The van der Waals surface area contributed by atoms with Crippen LogP contribution >= 0.6 is 0 Å². The van der Waals surface area contributed by atoms with E-state index in [1.165, 1.54) is 5.57 Å². The van der Waals surface area contributed by atoms with Crippen LogP contribution < -0.4 is 0 Å². The van der Waals surface area contributed by atoms with Crippen LogP contribution in [0, 0.1) is 11.8 Å². The molecule has 0 spiro atoms. The topological polar surface area (TPSA) is 0 Å². The zero-order valence-electron chi connectivity index (χ0n) is 5.65. The average molecular weight is 118 g/mol. The molecule has 0 aliphatic heterocycles. The highest BCUT2D eigenvalue weighted by atomic mass is 13.9. The van der Waals surface area contributed by atoms with E-state index in [9.17, 15) is 0 Å². The summed E-state index contributed by atoms with van der Waals surface area (Å²) in [6.45, 7) is 2.06. The number of rotatable bonds is 0. The van der Waals surface area contributed by atoms with Gasteiger partial charge in [-0.3, -0.25) is 0 Å². The first-order valence-corrected chi connectivity index (χ1v) is 3.29. The Morgan fingerprint density at radius 2 is 2.56 bits per heavy atom. The summed E-state index contributed by atoms with van der Waals surface area (Å²) in [7, 11) is 0. The Morgan fingerprint density at radius 3 is 3.11 bits per heavy atom. The summed E-state index contributed by atoms with van der Waals surface area (Å²) >= 11 is 0. The Morgan fingerprint density at radius 1 is 1.67 bits per heavy atom. The summed E-state index contributed by atoms with van der Waals surface area (Å²) in [6, 6.07) is 0. The molecule has 0 nitrogen and oxygen atoms in total. The second kappa shape index (κ2) is 3.14. The van der Waals surface area contributed by atoms with Crippen molar-refractivity contribution >= 4 is 0 Å². The molecule has 0 radical (unpaired) electrons. The van der Waals surface area contributed by atoms with Crippen LogP contribution in [0.4, 0.5) is 0 Å². The monoisotopic (exact) mass is 118 g/mol. The molecule has 0 fully saturated rings. The van der Waals surface area contributed by atoms with Crippen molar-refractivity contribution in [3.63, 3.8) is 0 Å². The zero-order chi connectivity index (χ0) is 6.53. The van der Waals surface area contributed by atoms with Crippen molar-refractivity contribution in [1.82, 2.24) is 0 Å². The lowest BCUT2D eigenvalue weighted by Crippen LogP contribution is -1.63. The van der Waals surface area contributed by atoms with Gasteiger partial charge in [0.25, 0.3) is 0 Å². The second-order valence-corrected chi connectivity index (χ2v) is 1.95. The fourth-order valence-corrected chi connectivity index (χ4v) is 0.741. The van der Waals surface area contributed by atoms with Crippen molar-refractivity contribution in [2.24, 2.45) is 0 Å². The Bertz CT molecular complexity index is 196. The Balaban J connectivity index is 2.53. The maximum atomic E-state index is 3.06. The molecular formula is C9H10. The Hall–Kier alpha value is -0.960. The molecule has 0 heteroatoms. The maximum absolute atomic E-state index is 3.06. The van der Waals surface area contributed by atoms with Gasteiger partial charge in [0.05, 0.1) is 0 Å². The summed E-state index contributed by atoms with van der Waals surface area (Å²) in [5.74, 6) is 6.08. The summed E-state index contributed by atoms with van der Waals surface area (Å²) in [5, 5.41) is 0. The molecule has 0 heterocycles. The van der Waals surface area contributed by atoms with Gasteiger partial charge in [-0.1, -0.05) is 37.0 Å². The van der Waals surface area contributed by atoms with E-state index in [0.717, 1.165) is 12.8 Å². The van der Waals surface area contributed by atoms with Crippen LogP contribution in [0.15, 0.2) is 23.8 Å². The van der Waals surface area contributed by atoms with Crippen molar-refractivity contribution < 1.29 is 0 Å². The summed E-state index contributed by atoms with van der Waals surface area (Å²) < 4.78 is 0. The Labute approximate surface area is 56.3 Å². The average Bonchev–Trinajstić information content (AvgIpc) is 2.34. The minimum absolute atomic E-state index is 0.950. The molecule has 46 valence electrons. The van der Waals surface area contributed by atoms with E-state index in [4.69, 9.17) is 0 Å². The van der Waals surface area contributed by atoms with E-state index in [-0.39, 0.29) is 0 Å². The highest BCUT2D eigenvalue weighted by Crippen LogP contribution is 2.06. The van der Waals surface area contributed by atoms with Crippen LogP contribution in [0.25, 0.3) is 0 Å². The van der Waals surface area contributed by atoms with Gasteiger partial charge >= 0.3 is 0 Å². The lowest BCUT2D eigenvalue weighted by atomic mass is 10.3. The number of allylic oxidation sites excluding steroid dienone is 4. The van der Waals surface area contributed by atoms with Crippen LogP contribution in [-0.2, 0) is 0 Å². The van der Waals surface area contributed by atoms with Crippen molar-refractivity contribution in [2.45, 2.75) is 19.8 Å². The molecule has 0 aromatic heterocycles. The standard InChI is InChI=1S/C9H10/c1-2-3-6-9-7-4-5-8-9/h4,7-8H,2,5H2,1H3. The molecule has 0 N–H and O–H groups in total. The minimum Gasteiger partial charge on any atom is -0.0982 e. The van der Waals surface area contributed by atoms with E-state index < -0.39 is 0 Å². The molecule has 9 heavy (non-hydrogen) atoms. The molecule has 0 saturated heterocycles. The SMILES string of the molecule is CCC#CC1=CCC=C1. The summed E-state index contributed by atoms with van der Waals surface area (Å²) in [4.78, 5) is 0. The number of hydrogen-bond acceptors (Lipinski definition) is 0. The molecule has 0 atom stereocenters. The van der Waals surface area contributed by atoms with Gasteiger partial charge in [-0.15, -0.1) is 0 Å². The van der Waals surface area contributed by atoms with Crippen LogP contribution in [0.3, 0.4) is 0 Å². The van der Waals surface area contributed by atoms with E-state index in [1.807, 2.05) is 0 Å². The van der Waals surface area contributed by atoms with Crippen molar-refractivity contribution in [3.8, 4) is 11.8 Å². The third-order valence-corrected chi connectivity index (χ3v) is 1.18. The van der Waals surface area contributed by atoms with Gasteiger partial charge in [0.2, 0.25) is 0 Å². The molecule has 1 aliphatic rings. The van der Waals surface area contributed by atoms with Crippen LogP contribution in [0.1, 0.15) is 19.8 Å². The molecule has 0 bridgehead atoms. The minimum atomic E-state index is 0.950. The van der Waals surface area contributed by atoms with Crippen LogP contribution in [-0.4, -0.2) is 0 Å². The molecule has 1 aliphatic carbocycles. The molecule has 0 saturated carbocycles. The van der Waals surface area contributed by atoms with Crippen molar-refractivity contribution in [3.05, 3.63) is 23.8 Å². The molecule has 1 rings (SSSR count). The first-order valence-electron chi connectivity index (χ1n) is 3.29. The van der Waals surface area contributed by atoms with Crippen molar-refractivity contribution in [2.75, 3.05) is 0 Å². The first kappa shape index (κ1) is 6.16. The smallest absolute Gasteiger partial charge is 0.0205 e. The van der Waals surface area contributed by atoms with Crippen LogP contribution in [0.2, 0.25) is 0 Å². The quantitative estimate of drug-likeness (QED) is 0.428. The van der Waals surface area contributed by atoms with Gasteiger partial charge in [0, 0.05) is 12.0 Å². The largest absolute Gasteiger partial charge is 0.0982 e. The lowest BCUT2D eigenvalue weighted by molar-refractivity contribution is 1.28. The fourth-order valence-electron chi connectivity index (χ4n) is 0.741. The van der Waals surface area contributed by atoms with Gasteiger partial charge < -0.3 is 0 Å². The second-order valence-electron chi connectivity index (χ2n) is 1.95. The summed E-state index contributed by atoms with van der Waals surface area (Å²) in [6.07, 6.45) is 8.35. The van der Waals surface area contributed by atoms with Gasteiger partial charge in [0.15, 0.2) is 0 Å². The van der Waals surface area contributed by atoms with E-state index >= 15 is 0 Å². The summed E-state index contributed by atoms with van der Waals surface area (Å²) in [5.41, 5.74) is 1.18. The predicted molar refractivity (Wildman–Crippen MR) is 39.9 cm³/mol. The van der Waals surface area contributed by atoms with Gasteiger partial charge in [-0.25, -0.2) is 0 Å². The first-order chi connectivity index (χ1) is 4.43. The fraction of sp³-hybridized carbons (Fsp3) is 0.333. The molecule has 0 unspecified atom stereocenters. The zero-order valence-corrected chi connectivity index (χ0v) is 5.65. The molecule has 0 amide bonds. The molecular weight excluding hydrogens is 108 g/mol. The van der Waals surface area contributed by atoms with E-state index in [1.54, 1.807) is 0 Å². The predicted octanol–water partition coefficient (Wildman–Crippen LogP) is 2.29. The van der Waals surface area contributed by atoms with E-state index in [0.29, 0.717) is 0 Å². The molecule has 0 aromatic carbocycles. The normalized spacial score (nSPS) is 14.6. The highest BCUT2D eigenvalue weighted by Gasteiger charge is 1.89. The third kappa shape index (κ3) is 1.77. The number of hydrogen-bond donors (Lipinski definition) is 0. The molecule has 0 aromatic rings. The Kier molecular flexibility index (Phi) is 2.15. The van der Waals surface area contributed by atoms with Crippen LogP contribution in [0.5, 0.6) is 0 Å². The maximum Gasteiger partial charge on any atom is 0.0205 e. The van der Waals surface area contributed by atoms with Gasteiger partial charge in [0.1, 0.15) is 0 Å². The highest BCUT2D eigenvalue weighted by molar-refractivity contribution is 5.41. The third-order valence-electron chi connectivity index (χ3n) is 1.18.